The van der Waals surface area contributed by atoms with Crippen LogP contribution in [0.1, 0.15) is 18.1 Å². The molecule has 1 N–H and O–H groups in total. The zero-order valence-electron chi connectivity index (χ0n) is 10.9. The average molecular weight is 331 g/mol. The fraction of sp³-hybridized carbons (Fsp3) is 0.385. The second kappa shape index (κ2) is 6.16. The van der Waals surface area contributed by atoms with Crippen molar-refractivity contribution >= 4 is 27.9 Å². The van der Waals surface area contributed by atoms with Crippen LogP contribution in [0.15, 0.2) is 22.7 Å². The van der Waals surface area contributed by atoms with Crippen molar-refractivity contribution in [3.63, 3.8) is 0 Å². The molecule has 1 aromatic rings. The molecule has 0 spiro atoms. The number of methoxy groups -OCH3 is 2. The number of hydrogen-bond acceptors (Lipinski definition) is 5. The van der Waals surface area contributed by atoms with Gasteiger partial charge in [-0.25, -0.2) is 4.79 Å². The quantitative estimate of drug-likeness (QED) is 0.848. The van der Waals surface area contributed by atoms with Crippen LogP contribution in [0, 0.1) is 0 Å². The normalized spacial score (nSPS) is 13.5. The van der Waals surface area contributed by atoms with Gasteiger partial charge in [0.2, 0.25) is 0 Å². The predicted octanol–water partition coefficient (Wildman–Crippen LogP) is 1.55. The molecule has 0 saturated carbocycles. The molecule has 5 nitrogen and oxygen atoms in total. The van der Waals surface area contributed by atoms with Gasteiger partial charge in [-0.1, -0.05) is 28.1 Å². The molecule has 0 amide bonds. The molecule has 1 unspecified atom stereocenters. The number of ether oxygens (including phenoxy) is 2. The Bertz CT molecular complexity index is 496. The molecule has 0 radical (unpaired) electrons. The maximum Gasteiger partial charge on any atom is 0.342 e. The predicted molar refractivity (Wildman–Crippen MR) is 71.4 cm³/mol. The smallest absolute Gasteiger partial charge is 0.342 e. The molecule has 6 heteroatoms. The number of hydrogen-bond donors (Lipinski definition) is 1. The monoisotopic (exact) mass is 330 g/mol. The van der Waals surface area contributed by atoms with E-state index in [1.54, 1.807) is 18.2 Å². The topological polar surface area (TPSA) is 72.8 Å². The highest BCUT2D eigenvalue weighted by Gasteiger charge is 2.35. The summed E-state index contributed by atoms with van der Waals surface area (Å²) < 4.78 is 9.69. The van der Waals surface area contributed by atoms with Gasteiger partial charge in [0.15, 0.2) is 5.60 Å². The summed E-state index contributed by atoms with van der Waals surface area (Å²) in [5.41, 5.74) is -0.824. The van der Waals surface area contributed by atoms with Gasteiger partial charge >= 0.3 is 11.9 Å². The molecule has 0 aliphatic heterocycles. The highest BCUT2D eigenvalue weighted by atomic mass is 79.9. The van der Waals surface area contributed by atoms with Crippen LogP contribution in [0.4, 0.5) is 0 Å². The van der Waals surface area contributed by atoms with Gasteiger partial charge in [-0.2, -0.15) is 0 Å². The molecule has 104 valence electrons. The Kier molecular flexibility index (Phi) is 5.08. The van der Waals surface area contributed by atoms with E-state index >= 15 is 0 Å². The van der Waals surface area contributed by atoms with E-state index in [1.807, 2.05) is 0 Å². The van der Waals surface area contributed by atoms with Gasteiger partial charge in [-0.05, 0) is 18.6 Å². The summed E-state index contributed by atoms with van der Waals surface area (Å²) in [6.07, 6.45) is 0.0635. The molecule has 0 saturated heterocycles. The fourth-order valence-corrected chi connectivity index (χ4v) is 2.24. The molecule has 0 aliphatic rings. The summed E-state index contributed by atoms with van der Waals surface area (Å²) in [6, 6.07) is 4.93. The van der Waals surface area contributed by atoms with Gasteiger partial charge in [-0.3, -0.25) is 4.79 Å². The second-order valence-corrected chi connectivity index (χ2v) is 4.99. The third kappa shape index (κ3) is 3.54. The van der Waals surface area contributed by atoms with Crippen molar-refractivity contribution in [3.8, 4) is 0 Å². The summed E-state index contributed by atoms with van der Waals surface area (Å²) in [4.78, 5) is 22.8. The van der Waals surface area contributed by atoms with Crippen molar-refractivity contribution in [2.24, 2.45) is 0 Å². The molecule has 1 rings (SSSR count). The third-order valence-corrected chi connectivity index (χ3v) is 3.41. The van der Waals surface area contributed by atoms with E-state index in [2.05, 4.69) is 25.4 Å². The highest BCUT2D eigenvalue weighted by molar-refractivity contribution is 9.10. The molecular weight excluding hydrogens is 316 g/mol. The highest BCUT2D eigenvalue weighted by Crippen LogP contribution is 2.30. The lowest BCUT2D eigenvalue weighted by Gasteiger charge is -2.22. The number of carbonyl (C=O) groups is 2. The number of rotatable bonds is 4. The Balaban J connectivity index is 3.17. The molecule has 0 aromatic heterocycles. The Labute approximate surface area is 119 Å². The first-order valence-corrected chi connectivity index (χ1v) is 6.28. The van der Waals surface area contributed by atoms with Gasteiger partial charge in [0.25, 0.3) is 0 Å². The Morgan fingerprint density at radius 2 is 1.95 bits per heavy atom. The van der Waals surface area contributed by atoms with E-state index in [-0.39, 0.29) is 6.42 Å². The van der Waals surface area contributed by atoms with Crippen molar-refractivity contribution in [1.82, 2.24) is 0 Å². The van der Waals surface area contributed by atoms with E-state index in [0.717, 1.165) is 0 Å². The van der Waals surface area contributed by atoms with E-state index in [0.29, 0.717) is 15.6 Å². The van der Waals surface area contributed by atoms with Crippen LogP contribution in [0.5, 0.6) is 0 Å². The molecule has 1 atom stereocenters. The van der Waals surface area contributed by atoms with Crippen molar-refractivity contribution in [2.45, 2.75) is 18.9 Å². The molecule has 0 aliphatic carbocycles. The van der Waals surface area contributed by atoms with Crippen LogP contribution >= 0.6 is 15.9 Å². The van der Waals surface area contributed by atoms with Crippen molar-refractivity contribution in [3.05, 3.63) is 33.8 Å². The minimum Gasteiger partial charge on any atom is -0.469 e. The fourth-order valence-electron chi connectivity index (χ4n) is 1.60. The minimum atomic E-state index is -1.79. The summed E-state index contributed by atoms with van der Waals surface area (Å²) in [6.45, 7) is 1.33. The van der Waals surface area contributed by atoms with Gasteiger partial charge in [0.1, 0.15) is 0 Å². The molecule has 0 heterocycles. The van der Waals surface area contributed by atoms with E-state index in [4.69, 9.17) is 0 Å². The molecule has 19 heavy (non-hydrogen) atoms. The lowest BCUT2D eigenvalue weighted by Crippen LogP contribution is -2.33. The minimum absolute atomic E-state index is 0.0635. The van der Waals surface area contributed by atoms with Crippen LogP contribution in [-0.4, -0.2) is 31.3 Å². The van der Waals surface area contributed by atoms with Crippen molar-refractivity contribution in [1.29, 1.82) is 0 Å². The van der Waals surface area contributed by atoms with Gasteiger partial charge in [0, 0.05) is 10.0 Å². The van der Waals surface area contributed by atoms with Crippen molar-refractivity contribution < 1.29 is 24.2 Å². The summed E-state index contributed by atoms with van der Waals surface area (Å²) in [5, 5.41) is 10.2. The number of aliphatic hydroxyl groups is 1. The van der Waals surface area contributed by atoms with Crippen LogP contribution in [0.3, 0.4) is 0 Å². The van der Waals surface area contributed by atoms with E-state index in [1.165, 1.54) is 21.1 Å². The molecule has 0 bridgehead atoms. The van der Waals surface area contributed by atoms with Crippen LogP contribution in [0.2, 0.25) is 0 Å². The number of benzene rings is 1. The molecular formula is C13H15BrO5. The van der Waals surface area contributed by atoms with E-state index < -0.39 is 17.5 Å². The SMILES string of the molecule is COC(=O)Cc1ccc(Br)c(C(C)(O)C(=O)OC)c1. The maximum absolute atomic E-state index is 11.6. The molecule has 0 fully saturated rings. The average Bonchev–Trinajstić information content (AvgIpc) is 2.39. The summed E-state index contributed by atoms with van der Waals surface area (Å²) in [5.74, 6) is -1.17. The van der Waals surface area contributed by atoms with Crippen LogP contribution < -0.4 is 0 Å². The lowest BCUT2D eigenvalue weighted by molar-refractivity contribution is -0.161. The first-order valence-electron chi connectivity index (χ1n) is 5.49. The maximum atomic E-state index is 11.6. The number of halogens is 1. The van der Waals surface area contributed by atoms with E-state index in [9.17, 15) is 14.7 Å². The first kappa shape index (κ1) is 15.7. The third-order valence-electron chi connectivity index (χ3n) is 2.71. The summed E-state index contributed by atoms with van der Waals surface area (Å²) >= 11 is 3.26. The lowest BCUT2D eigenvalue weighted by atomic mass is 9.94. The van der Waals surface area contributed by atoms with Crippen LogP contribution in [-0.2, 0) is 31.1 Å². The Morgan fingerprint density at radius 3 is 2.47 bits per heavy atom. The Hall–Kier alpha value is -1.40. The Morgan fingerprint density at radius 1 is 1.32 bits per heavy atom. The zero-order valence-corrected chi connectivity index (χ0v) is 12.5. The van der Waals surface area contributed by atoms with Gasteiger partial charge in [-0.15, -0.1) is 0 Å². The number of carbonyl (C=O) groups excluding carboxylic acids is 2. The second-order valence-electron chi connectivity index (χ2n) is 4.13. The van der Waals surface area contributed by atoms with Gasteiger partial charge < -0.3 is 14.6 Å². The van der Waals surface area contributed by atoms with Gasteiger partial charge in [0.05, 0.1) is 20.6 Å². The molecule has 1 aromatic carbocycles. The number of esters is 2. The standard InChI is InChI=1S/C13H15BrO5/c1-13(17,12(16)19-3)9-6-8(4-5-10(9)14)7-11(15)18-2/h4-6,17H,7H2,1-3H3. The van der Waals surface area contributed by atoms with Crippen molar-refractivity contribution in [2.75, 3.05) is 14.2 Å². The van der Waals surface area contributed by atoms with Crippen LogP contribution in [0.25, 0.3) is 0 Å². The largest absolute Gasteiger partial charge is 0.469 e. The zero-order chi connectivity index (χ0) is 14.6. The summed E-state index contributed by atoms with van der Waals surface area (Å²) in [7, 11) is 2.50. The first-order chi connectivity index (χ1) is 8.82.